The number of methoxy groups -OCH3 is 1. The molecule has 0 amide bonds. The summed E-state index contributed by atoms with van der Waals surface area (Å²) in [6, 6.07) is 25.7. The van der Waals surface area contributed by atoms with Crippen molar-refractivity contribution in [2.75, 3.05) is 104 Å². The van der Waals surface area contributed by atoms with E-state index in [0.29, 0.717) is 56.9 Å². The van der Waals surface area contributed by atoms with E-state index in [-0.39, 0.29) is 12.2 Å². The third-order valence-electron chi connectivity index (χ3n) is 8.51. The Morgan fingerprint density at radius 3 is 1.15 bits per heavy atom. The first kappa shape index (κ1) is 41.0. The quantitative estimate of drug-likeness (QED) is 0.154. The lowest BCUT2D eigenvalue weighted by Gasteiger charge is -2.23. The van der Waals surface area contributed by atoms with Gasteiger partial charge in [-0.15, -0.1) is 0 Å². The summed E-state index contributed by atoms with van der Waals surface area (Å²) in [6.07, 6.45) is 2.40. The van der Waals surface area contributed by atoms with Crippen LogP contribution < -0.4 is 23.8 Å². The molecule has 7 aliphatic rings. The molecule has 3 aromatic carbocycles. The van der Waals surface area contributed by atoms with Gasteiger partial charge in [0.25, 0.3) is 0 Å². The molecule has 7 heterocycles. The van der Waals surface area contributed by atoms with E-state index >= 15 is 0 Å². The summed E-state index contributed by atoms with van der Waals surface area (Å²) in [4.78, 5) is 2.34. The van der Waals surface area contributed by atoms with Crippen LogP contribution in [0, 0.1) is 0 Å². The van der Waals surface area contributed by atoms with Gasteiger partial charge in [0.2, 0.25) is 0 Å². The molecule has 0 spiro atoms. The van der Waals surface area contributed by atoms with E-state index in [1.807, 2.05) is 80.6 Å². The number of ether oxygens (including phenoxy) is 12. The highest BCUT2D eigenvalue weighted by atomic mass is 16.6. The van der Waals surface area contributed by atoms with Crippen LogP contribution in [0.1, 0.15) is 13.8 Å². The second kappa shape index (κ2) is 22.2. The topological polar surface area (TPSA) is 137 Å². The maximum atomic E-state index is 5.66. The molecule has 302 valence electrons. The van der Waals surface area contributed by atoms with Crippen molar-refractivity contribution in [3.05, 3.63) is 78.9 Å². The van der Waals surface area contributed by atoms with Crippen molar-refractivity contribution in [1.29, 1.82) is 0 Å². The average molecular weight is 768 g/mol. The maximum Gasteiger partial charge on any atom is 0.123 e. The minimum Gasteiger partial charge on any atom is -0.491 e. The Morgan fingerprint density at radius 2 is 0.782 bits per heavy atom. The number of epoxide rings is 7. The van der Waals surface area contributed by atoms with Crippen LogP contribution in [0.3, 0.4) is 0 Å². The normalized spacial score (nSPS) is 26.2. The molecule has 7 atom stereocenters. The monoisotopic (exact) mass is 767 g/mol. The van der Waals surface area contributed by atoms with Crippen molar-refractivity contribution in [3.8, 4) is 23.0 Å². The summed E-state index contributed by atoms with van der Waals surface area (Å²) in [5.74, 6) is 3.46. The summed E-state index contributed by atoms with van der Waals surface area (Å²) >= 11 is 0. The first-order chi connectivity index (χ1) is 27.1. The van der Waals surface area contributed by atoms with Gasteiger partial charge >= 0.3 is 0 Å². The smallest absolute Gasteiger partial charge is 0.123 e. The van der Waals surface area contributed by atoms with Crippen LogP contribution in [0.2, 0.25) is 0 Å². The minimum absolute atomic E-state index is 0.282. The number of nitrogens with zero attached hydrogens (tertiary/aromatic N) is 1. The van der Waals surface area contributed by atoms with E-state index < -0.39 is 0 Å². The molecule has 13 heteroatoms. The number of hydrogen-bond acceptors (Lipinski definition) is 13. The Bertz CT molecular complexity index is 1430. The Labute approximate surface area is 324 Å². The van der Waals surface area contributed by atoms with Gasteiger partial charge in [0.15, 0.2) is 0 Å². The summed E-state index contributed by atoms with van der Waals surface area (Å²) < 4.78 is 62.7. The van der Waals surface area contributed by atoms with Gasteiger partial charge in [-0.3, -0.25) is 0 Å². The molecule has 0 N–H and O–H groups in total. The van der Waals surface area contributed by atoms with Crippen LogP contribution in [0.4, 0.5) is 5.69 Å². The van der Waals surface area contributed by atoms with Crippen molar-refractivity contribution in [2.45, 2.75) is 56.6 Å². The zero-order valence-electron chi connectivity index (χ0n) is 32.3. The van der Waals surface area contributed by atoms with Crippen molar-refractivity contribution in [3.63, 3.8) is 0 Å². The fourth-order valence-corrected chi connectivity index (χ4v) is 4.81. The van der Waals surface area contributed by atoms with Crippen molar-refractivity contribution < 1.29 is 56.8 Å². The van der Waals surface area contributed by atoms with Crippen LogP contribution in [-0.4, -0.2) is 142 Å². The molecule has 7 fully saturated rings. The van der Waals surface area contributed by atoms with Gasteiger partial charge in [0.05, 0.1) is 65.1 Å². The SMILES string of the molecule is CC.COCC1CO1.c1cc(N(CC2CO2)CC2CO2)ccc1OCC1CO1.c1cc(OCC2CO2)cc(OCC2CO2)c1.c1ccc(OCC2CO2)cc1. The number of hydrogen-bond donors (Lipinski definition) is 0. The van der Waals surface area contributed by atoms with E-state index in [9.17, 15) is 0 Å². The molecule has 0 radical (unpaired) electrons. The predicted octanol–water partition coefficient (Wildman–Crippen LogP) is 4.83. The van der Waals surface area contributed by atoms with Gasteiger partial charge in [-0.05, 0) is 48.5 Å². The molecule has 55 heavy (non-hydrogen) atoms. The molecule has 10 rings (SSSR count). The summed E-state index contributed by atoms with van der Waals surface area (Å²) in [6.45, 7) is 15.2. The summed E-state index contributed by atoms with van der Waals surface area (Å²) in [7, 11) is 1.68. The predicted molar refractivity (Wildman–Crippen MR) is 205 cm³/mol. The molecule has 7 unspecified atom stereocenters. The van der Waals surface area contributed by atoms with Gasteiger partial charge in [-0.25, -0.2) is 0 Å². The van der Waals surface area contributed by atoms with E-state index in [1.54, 1.807) is 7.11 Å². The third-order valence-corrected chi connectivity index (χ3v) is 8.51. The van der Waals surface area contributed by atoms with Crippen molar-refractivity contribution in [1.82, 2.24) is 0 Å². The number of rotatable bonds is 19. The zero-order chi connectivity index (χ0) is 38.1. The lowest BCUT2D eigenvalue weighted by atomic mass is 10.2. The molecular weight excluding hydrogens is 710 g/mol. The Kier molecular flexibility index (Phi) is 16.5. The van der Waals surface area contributed by atoms with Gasteiger partial charge < -0.3 is 61.7 Å². The van der Waals surface area contributed by atoms with Crippen LogP contribution in [0.15, 0.2) is 78.9 Å². The van der Waals surface area contributed by atoms with Crippen molar-refractivity contribution >= 4 is 5.69 Å². The first-order valence-electron chi connectivity index (χ1n) is 19.5. The molecule has 0 aliphatic carbocycles. The van der Waals surface area contributed by atoms with Crippen LogP contribution in [0.25, 0.3) is 0 Å². The van der Waals surface area contributed by atoms with E-state index in [0.717, 1.165) is 88.9 Å². The Morgan fingerprint density at radius 1 is 0.436 bits per heavy atom. The second-order valence-electron chi connectivity index (χ2n) is 13.6. The zero-order valence-corrected chi connectivity index (χ0v) is 32.3. The molecule has 0 aromatic heterocycles. The van der Waals surface area contributed by atoms with E-state index in [4.69, 9.17) is 56.8 Å². The number of para-hydroxylation sites is 1. The van der Waals surface area contributed by atoms with Crippen LogP contribution in [-0.2, 0) is 37.9 Å². The van der Waals surface area contributed by atoms with Gasteiger partial charge in [0.1, 0.15) is 79.9 Å². The fourth-order valence-electron chi connectivity index (χ4n) is 4.81. The average Bonchev–Trinajstić information content (AvgIpc) is 4.03. The van der Waals surface area contributed by atoms with Gasteiger partial charge in [-0.2, -0.15) is 0 Å². The highest BCUT2D eigenvalue weighted by Crippen LogP contribution is 2.26. The fraction of sp³-hybridized carbons (Fsp3) is 0.571. The molecule has 3 aromatic rings. The van der Waals surface area contributed by atoms with Crippen LogP contribution >= 0.6 is 0 Å². The summed E-state index contributed by atoms with van der Waals surface area (Å²) in [5.41, 5.74) is 1.20. The van der Waals surface area contributed by atoms with E-state index in [2.05, 4.69) is 17.0 Å². The molecule has 13 nitrogen and oxygen atoms in total. The molecule has 0 bridgehead atoms. The Hall–Kier alpha value is -3.66. The molecule has 0 saturated carbocycles. The van der Waals surface area contributed by atoms with Gasteiger partial charge in [0, 0.05) is 32.0 Å². The first-order valence-corrected chi connectivity index (χ1v) is 19.5. The highest BCUT2D eigenvalue weighted by molar-refractivity contribution is 5.49. The molecule has 7 saturated heterocycles. The minimum atomic E-state index is 0.282. The second-order valence-corrected chi connectivity index (χ2v) is 13.6. The summed E-state index contributed by atoms with van der Waals surface area (Å²) in [5, 5.41) is 0. The highest BCUT2D eigenvalue weighted by Gasteiger charge is 2.31. The third kappa shape index (κ3) is 18.2. The number of benzene rings is 3. The van der Waals surface area contributed by atoms with Crippen molar-refractivity contribution in [2.24, 2.45) is 0 Å². The Balaban J connectivity index is 0.000000131. The van der Waals surface area contributed by atoms with Crippen LogP contribution in [0.5, 0.6) is 23.0 Å². The van der Waals surface area contributed by atoms with E-state index in [1.165, 1.54) is 5.69 Å². The standard InChI is InChI=1S/C15H19NO4.C12H14O4.C9H10O2.C4H8O2.C2H6/c1-3-12(17-9-15-10-20-15)4-2-11(1)16(5-13-7-18-13)6-14-8-19-14;1-2-9(13-5-11-7-15-11)4-10(3-1)14-6-12-8-16-12;1-2-4-8(5-3-1)10-6-9-7-11-9;1-5-2-4-3-6-4;1-2/h1-4,13-15H,5-10H2;1-4,11-12H,5-8H2;1-5,9H,6-7H2;4H,2-3H2,1H3;1-2H3. The molecule has 7 aliphatic heterocycles. The molecular formula is C42H57NO12. The van der Waals surface area contributed by atoms with Gasteiger partial charge in [-0.1, -0.05) is 38.1 Å². The maximum absolute atomic E-state index is 5.66. The number of anilines is 1. The lowest BCUT2D eigenvalue weighted by molar-refractivity contribution is 0.171. The largest absolute Gasteiger partial charge is 0.491 e. The lowest BCUT2D eigenvalue weighted by Crippen LogP contribution is -2.31.